The van der Waals surface area contributed by atoms with Gasteiger partial charge in [-0.2, -0.15) is 0 Å². The molecule has 9 nitrogen and oxygen atoms in total. The summed E-state index contributed by atoms with van der Waals surface area (Å²) in [6.45, 7) is 4.27. The Labute approximate surface area is 191 Å². The molecule has 0 amide bonds. The Morgan fingerprint density at radius 3 is 2.88 bits per heavy atom. The Kier molecular flexibility index (Phi) is 6.39. The average molecular weight is 457 g/mol. The fourth-order valence-corrected chi connectivity index (χ4v) is 4.60. The molecule has 1 N–H and O–H groups in total. The fourth-order valence-electron chi connectivity index (χ4n) is 4.60. The molecule has 1 aromatic carbocycles. The minimum Gasteiger partial charge on any atom is -0.508 e. The first-order chi connectivity index (χ1) is 16.1. The molecule has 0 spiro atoms. The molecule has 0 bridgehead atoms. The number of piperidine rings is 1. The van der Waals surface area contributed by atoms with Crippen LogP contribution in [0.2, 0.25) is 0 Å². The number of rotatable bonds is 8. The molecule has 0 unspecified atom stereocenters. The van der Waals surface area contributed by atoms with Crippen molar-refractivity contribution in [3.63, 3.8) is 0 Å². The lowest BCUT2D eigenvalue weighted by atomic mass is 10.0. The third-order valence-corrected chi connectivity index (χ3v) is 6.28. The molecule has 5 rings (SSSR count). The first-order valence-electron chi connectivity index (χ1n) is 11.5. The number of halogens is 1. The van der Waals surface area contributed by atoms with Gasteiger partial charge >= 0.3 is 0 Å². The Bertz CT molecular complexity index is 1050. The van der Waals surface area contributed by atoms with Gasteiger partial charge in [0.25, 0.3) is 0 Å². The maximum atomic E-state index is 14.8. The SMILES string of the molecule is Oc1ccc([C@@]2(Cn3ccnc3)OC[C@H](Cn3cc(CCN4CCCCC4)nn3)O2)c(F)c1. The van der Waals surface area contributed by atoms with E-state index in [0.29, 0.717) is 6.54 Å². The number of aromatic hydroxyl groups is 1. The molecular weight excluding hydrogens is 427 g/mol. The number of phenolic OH excluding ortho intramolecular Hbond substituents is 1. The van der Waals surface area contributed by atoms with E-state index in [1.54, 1.807) is 28.0 Å². The van der Waals surface area contributed by atoms with Gasteiger partial charge in [0.2, 0.25) is 5.79 Å². The quantitative estimate of drug-likeness (QED) is 0.556. The van der Waals surface area contributed by atoms with Crippen LogP contribution in [-0.4, -0.2) is 66.9 Å². The van der Waals surface area contributed by atoms with Gasteiger partial charge < -0.3 is 24.0 Å². The van der Waals surface area contributed by atoms with Gasteiger partial charge in [-0.05, 0) is 38.1 Å². The van der Waals surface area contributed by atoms with Crippen LogP contribution in [0.15, 0.2) is 43.1 Å². The summed E-state index contributed by atoms with van der Waals surface area (Å²) in [5.74, 6) is -2.07. The zero-order chi connectivity index (χ0) is 22.7. The molecule has 33 heavy (non-hydrogen) atoms. The van der Waals surface area contributed by atoms with Crippen molar-refractivity contribution in [2.75, 3.05) is 26.2 Å². The summed E-state index contributed by atoms with van der Waals surface area (Å²) in [7, 11) is 0. The number of imidazole rings is 1. The molecule has 0 aliphatic carbocycles. The first-order valence-corrected chi connectivity index (χ1v) is 11.5. The molecule has 2 aromatic heterocycles. The highest BCUT2D eigenvalue weighted by atomic mass is 19.1. The normalized spacial score (nSPS) is 23.8. The van der Waals surface area contributed by atoms with Crippen LogP contribution in [0.4, 0.5) is 4.39 Å². The highest BCUT2D eigenvalue weighted by Gasteiger charge is 2.45. The van der Waals surface area contributed by atoms with Crippen molar-refractivity contribution in [1.29, 1.82) is 0 Å². The van der Waals surface area contributed by atoms with E-state index in [4.69, 9.17) is 9.47 Å². The largest absolute Gasteiger partial charge is 0.508 e. The Morgan fingerprint density at radius 2 is 2.09 bits per heavy atom. The zero-order valence-corrected chi connectivity index (χ0v) is 18.5. The molecule has 2 aliphatic heterocycles. The minimum atomic E-state index is -1.33. The third kappa shape index (κ3) is 5.07. The van der Waals surface area contributed by atoms with E-state index >= 15 is 0 Å². The maximum absolute atomic E-state index is 14.8. The van der Waals surface area contributed by atoms with Crippen LogP contribution >= 0.6 is 0 Å². The van der Waals surface area contributed by atoms with Gasteiger partial charge in [0, 0.05) is 43.2 Å². The van der Waals surface area contributed by atoms with Crippen molar-refractivity contribution in [3.05, 3.63) is 60.2 Å². The van der Waals surface area contributed by atoms with Gasteiger partial charge in [0.1, 0.15) is 17.7 Å². The Morgan fingerprint density at radius 1 is 1.21 bits per heavy atom. The lowest BCUT2D eigenvalue weighted by Gasteiger charge is -2.29. The van der Waals surface area contributed by atoms with E-state index in [2.05, 4.69) is 20.2 Å². The van der Waals surface area contributed by atoms with Crippen LogP contribution in [0.3, 0.4) is 0 Å². The van der Waals surface area contributed by atoms with Crippen molar-refractivity contribution in [1.82, 2.24) is 29.4 Å². The fraction of sp³-hybridized carbons (Fsp3) is 0.522. The molecule has 176 valence electrons. The van der Waals surface area contributed by atoms with Crippen LogP contribution in [0.5, 0.6) is 5.75 Å². The van der Waals surface area contributed by atoms with Gasteiger partial charge in [-0.15, -0.1) is 5.10 Å². The molecule has 0 radical (unpaired) electrons. The number of nitrogens with zero attached hydrogens (tertiary/aromatic N) is 6. The summed E-state index contributed by atoms with van der Waals surface area (Å²) < 4.78 is 30.7. The van der Waals surface area contributed by atoms with E-state index in [1.165, 1.54) is 31.4 Å². The second-order valence-electron chi connectivity index (χ2n) is 8.79. The summed E-state index contributed by atoms with van der Waals surface area (Å²) in [6.07, 6.45) is 11.4. The zero-order valence-electron chi connectivity index (χ0n) is 18.5. The van der Waals surface area contributed by atoms with E-state index in [9.17, 15) is 9.50 Å². The predicted octanol–water partition coefficient (Wildman–Crippen LogP) is 2.32. The molecule has 2 fully saturated rings. The third-order valence-electron chi connectivity index (χ3n) is 6.28. The van der Waals surface area contributed by atoms with Crippen LogP contribution in [0.1, 0.15) is 30.5 Å². The van der Waals surface area contributed by atoms with E-state index in [1.807, 2.05) is 6.20 Å². The summed E-state index contributed by atoms with van der Waals surface area (Å²) in [4.78, 5) is 6.54. The lowest BCUT2D eigenvalue weighted by molar-refractivity contribution is -0.190. The van der Waals surface area contributed by atoms with Crippen LogP contribution < -0.4 is 0 Å². The second-order valence-corrected chi connectivity index (χ2v) is 8.79. The van der Waals surface area contributed by atoms with Gasteiger partial charge in [-0.25, -0.2) is 14.1 Å². The maximum Gasteiger partial charge on any atom is 0.216 e. The number of aromatic nitrogens is 5. The summed E-state index contributed by atoms with van der Waals surface area (Å²) in [5.41, 5.74) is 1.19. The number of likely N-dealkylation sites (tertiary alicyclic amines) is 1. The number of benzene rings is 1. The smallest absolute Gasteiger partial charge is 0.216 e. The molecule has 4 heterocycles. The summed E-state index contributed by atoms with van der Waals surface area (Å²) in [5, 5.41) is 18.2. The van der Waals surface area contributed by atoms with Crippen molar-refractivity contribution >= 4 is 0 Å². The van der Waals surface area contributed by atoms with Crippen LogP contribution in [0, 0.1) is 5.82 Å². The molecule has 3 aromatic rings. The van der Waals surface area contributed by atoms with E-state index in [0.717, 1.165) is 37.8 Å². The highest BCUT2D eigenvalue weighted by Crippen LogP contribution is 2.38. The number of phenols is 1. The van der Waals surface area contributed by atoms with Gasteiger partial charge in [-0.3, -0.25) is 0 Å². The van der Waals surface area contributed by atoms with E-state index < -0.39 is 11.6 Å². The molecule has 2 atom stereocenters. The minimum absolute atomic E-state index is 0.150. The van der Waals surface area contributed by atoms with Crippen LogP contribution in [-0.2, 0) is 34.8 Å². The van der Waals surface area contributed by atoms with Crippen molar-refractivity contribution in [3.8, 4) is 5.75 Å². The molecule has 2 aliphatic rings. The highest BCUT2D eigenvalue weighted by molar-refractivity contribution is 5.31. The van der Waals surface area contributed by atoms with Gasteiger partial charge in [0.05, 0.1) is 31.7 Å². The lowest BCUT2D eigenvalue weighted by Crippen LogP contribution is -2.35. The molecule has 0 saturated carbocycles. The average Bonchev–Trinajstić information content (AvgIpc) is 3.56. The number of hydrogen-bond acceptors (Lipinski definition) is 7. The van der Waals surface area contributed by atoms with Crippen molar-refractivity contribution in [2.24, 2.45) is 0 Å². The van der Waals surface area contributed by atoms with Gasteiger partial charge in [0.15, 0.2) is 0 Å². The van der Waals surface area contributed by atoms with E-state index in [-0.39, 0.29) is 30.6 Å². The topological polar surface area (TPSA) is 90.5 Å². The van der Waals surface area contributed by atoms with Crippen molar-refractivity contribution in [2.45, 2.75) is 50.7 Å². The predicted molar refractivity (Wildman–Crippen MR) is 117 cm³/mol. The monoisotopic (exact) mass is 456 g/mol. The number of ether oxygens (including phenoxy) is 2. The molecule has 2 saturated heterocycles. The second kappa shape index (κ2) is 9.58. The Balaban J connectivity index is 1.26. The Hall–Kier alpha value is -2.82. The summed E-state index contributed by atoms with van der Waals surface area (Å²) >= 11 is 0. The first kappa shape index (κ1) is 22.0. The van der Waals surface area contributed by atoms with Gasteiger partial charge in [-0.1, -0.05) is 11.6 Å². The number of hydrogen-bond donors (Lipinski definition) is 1. The molecular formula is C23H29FN6O3. The van der Waals surface area contributed by atoms with Crippen LogP contribution in [0.25, 0.3) is 0 Å². The molecule has 10 heteroatoms. The standard InChI is InChI=1S/C23H29FN6O3/c24-22-12-19(31)4-5-21(22)23(16-29-11-7-25-17-29)32-15-20(33-23)14-30-13-18(26-27-30)6-10-28-8-2-1-3-9-28/h4-5,7,11-13,17,20,31H,1-3,6,8-10,14-16H2/t20-,23-/m0/s1. The summed E-state index contributed by atoms with van der Waals surface area (Å²) in [6, 6.07) is 4.00. The van der Waals surface area contributed by atoms with Crippen molar-refractivity contribution < 1.29 is 19.0 Å².